The molecule has 0 amide bonds. The van der Waals surface area contributed by atoms with Crippen LogP contribution in [0.5, 0.6) is 0 Å². The van der Waals surface area contributed by atoms with Gasteiger partial charge in [0.1, 0.15) is 11.2 Å². The highest BCUT2D eigenvalue weighted by atomic mass is 16.3. The number of hydrogen-bond acceptors (Lipinski definition) is 4. The van der Waals surface area contributed by atoms with Crippen LogP contribution >= 0.6 is 0 Å². The van der Waals surface area contributed by atoms with E-state index in [1.807, 2.05) is 42.5 Å². The molecule has 0 aliphatic carbocycles. The Morgan fingerprint density at radius 1 is 0.375 bits per heavy atom. The summed E-state index contributed by atoms with van der Waals surface area (Å²) in [7, 11) is 0. The molecule has 10 rings (SSSR count). The van der Waals surface area contributed by atoms with Gasteiger partial charge >= 0.3 is 0 Å². The second-order valence-electron chi connectivity index (χ2n) is 12.1. The van der Waals surface area contributed by atoms with Gasteiger partial charge in [0.05, 0.1) is 11.0 Å². The molecule has 0 saturated carbocycles. The zero-order valence-corrected chi connectivity index (χ0v) is 25.7. The number of hydrogen-bond donors (Lipinski definition) is 0. The van der Waals surface area contributed by atoms with Crippen LogP contribution in [0.25, 0.3) is 94.4 Å². The van der Waals surface area contributed by atoms with E-state index >= 15 is 0 Å². The number of rotatable bonds is 4. The van der Waals surface area contributed by atoms with Gasteiger partial charge in [-0.25, -0.2) is 15.0 Å². The highest BCUT2D eigenvalue weighted by Crippen LogP contribution is 2.37. The van der Waals surface area contributed by atoms with Gasteiger partial charge in [-0.3, -0.25) is 0 Å². The summed E-state index contributed by atoms with van der Waals surface area (Å²) < 4.78 is 8.69. The van der Waals surface area contributed by atoms with E-state index in [1.54, 1.807) is 0 Å². The van der Waals surface area contributed by atoms with E-state index in [0.717, 1.165) is 49.7 Å². The van der Waals surface area contributed by atoms with Crippen molar-refractivity contribution in [2.24, 2.45) is 0 Å². The molecule has 10 aromatic rings. The molecular formula is C43H26N4O. The average molecular weight is 615 g/mol. The SMILES string of the molecule is c1ccc(-c2nc(-c3ccc4ccccc4c3)nc(-c3ccc4oc5ccc(-n6c7ccccc7c7ccccc76)cc5c4c3)n2)cc1. The standard InChI is InChI=1S/C43H26N4O/c1-2-11-28(12-3-1)41-44-42(30-19-18-27-10-4-5-13-29(27)24-30)46-43(45-41)31-20-22-39-35(25-31)36-26-32(21-23-40(36)48-39)47-37-16-8-6-14-33(37)34-15-7-9-17-38(34)47/h1-26H. The summed E-state index contributed by atoms with van der Waals surface area (Å²) in [6.45, 7) is 0. The maximum absolute atomic E-state index is 6.36. The van der Waals surface area contributed by atoms with Gasteiger partial charge in [0.25, 0.3) is 0 Å². The van der Waals surface area contributed by atoms with E-state index in [2.05, 4.69) is 120 Å². The molecule has 3 aromatic heterocycles. The van der Waals surface area contributed by atoms with Gasteiger partial charge in [0.2, 0.25) is 0 Å². The summed E-state index contributed by atoms with van der Waals surface area (Å²) in [6, 6.07) is 54.6. The van der Waals surface area contributed by atoms with Crippen LogP contribution in [0, 0.1) is 0 Å². The van der Waals surface area contributed by atoms with Gasteiger partial charge in [0.15, 0.2) is 17.5 Å². The van der Waals surface area contributed by atoms with Crippen molar-refractivity contribution >= 4 is 54.5 Å². The average Bonchev–Trinajstić information content (AvgIpc) is 3.70. The summed E-state index contributed by atoms with van der Waals surface area (Å²) in [5.41, 5.74) is 7.86. The van der Waals surface area contributed by atoms with E-state index < -0.39 is 0 Å². The molecule has 48 heavy (non-hydrogen) atoms. The van der Waals surface area contributed by atoms with Crippen LogP contribution in [0.3, 0.4) is 0 Å². The van der Waals surface area contributed by atoms with Gasteiger partial charge in [0, 0.05) is 43.9 Å². The Morgan fingerprint density at radius 3 is 1.65 bits per heavy atom. The molecule has 7 aromatic carbocycles. The van der Waals surface area contributed by atoms with Gasteiger partial charge in [-0.15, -0.1) is 0 Å². The lowest BCUT2D eigenvalue weighted by Crippen LogP contribution is -2.00. The van der Waals surface area contributed by atoms with Crippen LogP contribution < -0.4 is 0 Å². The number of para-hydroxylation sites is 2. The highest BCUT2D eigenvalue weighted by molar-refractivity contribution is 6.11. The molecule has 5 heteroatoms. The minimum absolute atomic E-state index is 0.613. The number of benzene rings is 7. The topological polar surface area (TPSA) is 56.7 Å². The van der Waals surface area contributed by atoms with Crippen molar-refractivity contribution in [2.45, 2.75) is 0 Å². The van der Waals surface area contributed by atoms with E-state index in [1.165, 1.54) is 27.2 Å². The summed E-state index contributed by atoms with van der Waals surface area (Å²) in [4.78, 5) is 15.0. The van der Waals surface area contributed by atoms with Crippen LogP contribution in [-0.2, 0) is 0 Å². The zero-order valence-electron chi connectivity index (χ0n) is 25.7. The first kappa shape index (κ1) is 26.6. The van der Waals surface area contributed by atoms with E-state index in [-0.39, 0.29) is 0 Å². The third-order valence-electron chi connectivity index (χ3n) is 9.22. The normalized spacial score (nSPS) is 11.8. The van der Waals surface area contributed by atoms with Gasteiger partial charge in [-0.1, -0.05) is 103 Å². The number of nitrogens with zero attached hydrogens (tertiary/aromatic N) is 4. The van der Waals surface area contributed by atoms with Crippen LogP contribution in [0.4, 0.5) is 0 Å². The molecule has 0 fully saturated rings. The highest BCUT2D eigenvalue weighted by Gasteiger charge is 2.17. The molecular weight excluding hydrogens is 589 g/mol. The summed E-state index contributed by atoms with van der Waals surface area (Å²) >= 11 is 0. The summed E-state index contributed by atoms with van der Waals surface area (Å²) in [6.07, 6.45) is 0. The molecule has 0 bridgehead atoms. The van der Waals surface area contributed by atoms with Crippen molar-refractivity contribution in [1.82, 2.24) is 19.5 Å². The first-order valence-corrected chi connectivity index (χ1v) is 16.0. The molecule has 0 radical (unpaired) electrons. The Labute approximate surface area is 275 Å². The molecule has 0 aliphatic heterocycles. The summed E-state index contributed by atoms with van der Waals surface area (Å²) in [5.74, 6) is 1.88. The lowest BCUT2D eigenvalue weighted by atomic mass is 10.1. The van der Waals surface area contributed by atoms with Gasteiger partial charge in [-0.05, 0) is 65.4 Å². The Balaban J connectivity index is 1.16. The first-order valence-electron chi connectivity index (χ1n) is 16.0. The van der Waals surface area contributed by atoms with Crippen molar-refractivity contribution in [3.8, 4) is 39.9 Å². The van der Waals surface area contributed by atoms with E-state index in [4.69, 9.17) is 19.4 Å². The van der Waals surface area contributed by atoms with Crippen molar-refractivity contribution < 1.29 is 4.42 Å². The van der Waals surface area contributed by atoms with Crippen molar-refractivity contribution in [2.75, 3.05) is 0 Å². The van der Waals surface area contributed by atoms with Crippen LogP contribution in [0.2, 0.25) is 0 Å². The molecule has 0 unspecified atom stereocenters. The molecule has 0 spiro atoms. The molecule has 0 saturated heterocycles. The zero-order chi connectivity index (χ0) is 31.6. The number of fused-ring (bicyclic) bond motifs is 7. The fraction of sp³-hybridized carbons (Fsp3) is 0. The van der Waals surface area contributed by atoms with E-state index in [9.17, 15) is 0 Å². The predicted octanol–water partition coefficient (Wildman–Crippen LogP) is 11.0. The largest absolute Gasteiger partial charge is 0.456 e. The lowest BCUT2D eigenvalue weighted by molar-refractivity contribution is 0.669. The quantitative estimate of drug-likeness (QED) is 0.198. The van der Waals surface area contributed by atoms with Crippen molar-refractivity contribution in [1.29, 1.82) is 0 Å². The van der Waals surface area contributed by atoms with Crippen LogP contribution in [0.15, 0.2) is 162 Å². The predicted molar refractivity (Wildman–Crippen MR) is 195 cm³/mol. The maximum atomic E-state index is 6.36. The smallest absolute Gasteiger partial charge is 0.164 e. The third kappa shape index (κ3) is 4.22. The van der Waals surface area contributed by atoms with Crippen LogP contribution in [-0.4, -0.2) is 19.5 Å². The Hall–Kier alpha value is -6.59. The second kappa shape index (κ2) is 10.5. The first-order chi connectivity index (χ1) is 23.8. The van der Waals surface area contributed by atoms with Gasteiger partial charge in [-0.2, -0.15) is 0 Å². The summed E-state index contributed by atoms with van der Waals surface area (Å²) in [5, 5.41) is 6.84. The fourth-order valence-corrected chi connectivity index (χ4v) is 6.92. The Bertz CT molecular complexity index is 2800. The number of furan rings is 1. The molecule has 0 atom stereocenters. The monoisotopic (exact) mass is 614 g/mol. The minimum atomic E-state index is 0.613. The lowest BCUT2D eigenvalue weighted by Gasteiger charge is -2.09. The minimum Gasteiger partial charge on any atom is -0.456 e. The van der Waals surface area contributed by atoms with Gasteiger partial charge < -0.3 is 8.98 Å². The van der Waals surface area contributed by atoms with Crippen LogP contribution in [0.1, 0.15) is 0 Å². The van der Waals surface area contributed by atoms with Crippen molar-refractivity contribution in [3.05, 3.63) is 158 Å². The maximum Gasteiger partial charge on any atom is 0.164 e. The molecule has 3 heterocycles. The Morgan fingerprint density at radius 2 is 0.917 bits per heavy atom. The van der Waals surface area contributed by atoms with Crippen molar-refractivity contribution in [3.63, 3.8) is 0 Å². The fourth-order valence-electron chi connectivity index (χ4n) is 6.92. The molecule has 0 aliphatic rings. The molecule has 224 valence electrons. The molecule has 0 N–H and O–H groups in total. The number of aromatic nitrogens is 4. The molecule has 5 nitrogen and oxygen atoms in total. The Kier molecular flexibility index (Phi) is 5.81. The van der Waals surface area contributed by atoms with E-state index in [0.29, 0.717) is 17.5 Å². The third-order valence-corrected chi connectivity index (χ3v) is 9.22. The second-order valence-corrected chi connectivity index (χ2v) is 12.1.